The van der Waals surface area contributed by atoms with Gasteiger partial charge in [-0.2, -0.15) is 0 Å². The fourth-order valence-electron chi connectivity index (χ4n) is 1.67. The maximum Gasteiger partial charge on any atom is 0.268 e. The Hall–Kier alpha value is -1.47. The second kappa shape index (κ2) is 6.63. The predicted molar refractivity (Wildman–Crippen MR) is 65.1 cm³/mol. The first kappa shape index (κ1) is 15.6. The molecule has 1 amide bonds. The standard InChI is InChI=1S/C12H18F2N2O3/c1-2-12(7-17,8-18)15-11(19)9-4-3-5-16(9)6-10(13)14/h3-5,10,17-18H,2,6-8H2,1H3,(H,15,19). The predicted octanol–water partition coefficient (Wildman–Crippen LogP) is 0.616. The molecule has 0 saturated heterocycles. The molecule has 7 heteroatoms. The Morgan fingerprint density at radius 2 is 2.11 bits per heavy atom. The Labute approximate surface area is 109 Å². The molecule has 1 aromatic rings. The van der Waals surface area contributed by atoms with Crippen molar-refractivity contribution in [2.24, 2.45) is 0 Å². The number of rotatable bonds is 7. The van der Waals surface area contributed by atoms with Crippen LogP contribution in [0.2, 0.25) is 0 Å². The Bertz CT molecular complexity index is 409. The second-order valence-electron chi connectivity index (χ2n) is 4.34. The minimum absolute atomic E-state index is 0.0695. The first-order valence-corrected chi connectivity index (χ1v) is 5.95. The highest BCUT2D eigenvalue weighted by molar-refractivity contribution is 5.93. The zero-order valence-corrected chi connectivity index (χ0v) is 10.6. The molecule has 0 aliphatic carbocycles. The average Bonchev–Trinajstić information content (AvgIpc) is 2.83. The lowest BCUT2D eigenvalue weighted by Gasteiger charge is -2.29. The quantitative estimate of drug-likeness (QED) is 0.683. The molecule has 0 aromatic carbocycles. The fourth-order valence-corrected chi connectivity index (χ4v) is 1.67. The normalized spacial score (nSPS) is 11.9. The van der Waals surface area contributed by atoms with E-state index in [1.807, 2.05) is 0 Å². The Morgan fingerprint density at radius 3 is 2.58 bits per heavy atom. The van der Waals surface area contributed by atoms with Crippen LogP contribution in [-0.2, 0) is 6.54 Å². The Balaban J connectivity index is 2.86. The van der Waals surface area contributed by atoms with Gasteiger partial charge in [-0.05, 0) is 18.6 Å². The third-order valence-electron chi connectivity index (χ3n) is 3.06. The number of aliphatic hydroxyl groups is 2. The minimum atomic E-state index is -2.56. The van der Waals surface area contributed by atoms with Gasteiger partial charge in [0.1, 0.15) is 5.69 Å². The molecule has 0 bridgehead atoms. The van der Waals surface area contributed by atoms with Gasteiger partial charge in [0.15, 0.2) is 0 Å². The van der Waals surface area contributed by atoms with Crippen LogP contribution in [0.15, 0.2) is 18.3 Å². The summed E-state index contributed by atoms with van der Waals surface area (Å²) in [5, 5.41) is 21.0. The molecule has 108 valence electrons. The molecule has 0 saturated carbocycles. The van der Waals surface area contributed by atoms with Gasteiger partial charge in [0.2, 0.25) is 0 Å². The lowest BCUT2D eigenvalue weighted by atomic mass is 9.98. The van der Waals surface area contributed by atoms with Crippen LogP contribution in [0.1, 0.15) is 23.8 Å². The van der Waals surface area contributed by atoms with Gasteiger partial charge in [0, 0.05) is 6.20 Å². The van der Waals surface area contributed by atoms with Crippen LogP contribution in [0.4, 0.5) is 8.78 Å². The van der Waals surface area contributed by atoms with Gasteiger partial charge in [0.25, 0.3) is 12.3 Å². The maximum atomic E-state index is 12.3. The number of carbonyl (C=O) groups excluding carboxylic acids is 1. The van der Waals surface area contributed by atoms with Crippen molar-refractivity contribution in [3.8, 4) is 0 Å². The topological polar surface area (TPSA) is 74.5 Å². The van der Waals surface area contributed by atoms with E-state index in [1.54, 1.807) is 6.92 Å². The first-order valence-electron chi connectivity index (χ1n) is 5.95. The molecule has 0 aliphatic heterocycles. The fraction of sp³-hybridized carbons (Fsp3) is 0.583. The number of nitrogens with zero attached hydrogens (tertiary/aromatic N) is 1. The van der Waals surface area contributed by atoms with Crippen LogP contribution < -0.4 is 5.32 Å². The number of hydrogen-bond donors (Lipinski definition) is 3. The van der Waals surface area contributed by atoms with Crippen molar-refractivity contribution in [2.45, 2.75) is 31.9 Å². The highest BCUT2D eigenvalue weighted by atomic mass is 19.3. The average molecular weight is 276 g/mol. The smallest absolute Gasteiger partial charge is 0.268 e. The summed E-state index contributed by atoms with van der Waals surface area (Å²) in [6.45, 7) is 0.265. The summed E-state index contributed by atoms with van der Waals surface area (Å²) in [6, 6.07) is 2.90. The third-order valence-corrected chi connectivity index (χ3v) is 3.06. The molecule has 0 unspecified atom stereocenters. The van der Waals surface area contributed by atoms with Gasteiger partial charge in [-0.25, -0.2) is 8.78 Å². The molecular formula is C12H18F2N2O3. The van der Waals surface area contributed by atoms with Crippen LogP contribution >= 0.6 is 0 Å². The molecule has 5 nitrogen and oxygen atoms in total. The van der Waals surface area contributed by atoms with Crippen molar-refractivity contribution in [3.63, 3.8) is 0 Å². The Kier molecular flexibility index (Phi) is 5.44. The zero-order valence-electron chi connectivity index (χ0n) is 10.6. The summed E-state index contributed by atoms with van der Waals surface area (Å²) in [5.74, 6) is -0.601. The number of alkyl halides is 2. The summed E-state index contributed by atoms with van der Waals surface area (Å²) < 4.78 is 25.8. The number of aromatic nitrogens is 1. The van der Waals surface area contributed by atoms with Gasteiger partial charge in [-0.15, -0.1) is 0 Å². The molecule has 19 heavy (non-hydrogen) atoms. The highest BCUT2D eigenvalue weighted by Gasteiger charge is 2.29. The van der Waals surface area contributed by atoms with E-state index in [0.29, 0.717) is 6.42 Å². The van der Waals surface area contributed by atoms with Crippen LogP contribution in [-0.4, -0.2) is 45.9 Å². The van der Waals surface area contributed by atoms with E-state index in [-0.39, 0.29) is 5.69 Å². The van der Waals surface area contributed by atoms with E-state index in [9.17, 15) is 23.8 Å². The molecule has 1 aromatic heterocycles. The van der Waals surface area contributed by atoms with E-state index in [2.05, 4.69) is 5.32 Å². The van der Waals surface area contributed by atoms with E-state index in [4.69, 9.17) is 0 Å². The number of halogens is 2. The molecule has 1 heterocycles. The van der Waals surface area contributed by atoms with Crippen LogP contribution in [0.25, 0.3) is 0 Å². The van der Waals surface area contributed by atoms with Crippen molar-refractivity contribution in [3.05, 3.63) is 24.0 Å². The van der Waals surface area contributed by atoms with Crippen LogP contribution in [0.3, 0.4) is 0 Å². The maximum absolute atomic E-state index is 12.3. The summed E-state index contributed by atoms with van der Waals surface area (Å²) in [6.07, 6.45) is -0.862. The second-order valence-corrected chi connectivity index (χ2v) is 4.34. The lowest BCUT2D eigenvalue weighted by Crippen LogP contribution is -2.54. The van der Waals surface area contributed by atoms with Crippen molar-refractivity contribution in [2.75, 3.05) is 13.2 Å². The summed E-state index contributed by atoms with van der Waals surface area (Å²) in [7, 11) is 0. The molecule has 0 fully saturated rings. The SMILES string of the molecule is CCC(CO)(CO)NC(=O)c1cccn1CC(F)F. The minimum Gasteiger partial charge on any atom is -0.394 e. The summed E-state index contributed by atoms with van der Waals surface area (Å²) in [5.41, 5.74) is -1.07. The highest BCUT2D eigenvalue weighted by Crippen LogP contribution is 2.12. The number of hydrogen-bond acceptors (Lipinski definition) is 3. The van der Waals surface area contributed by atoms with Crippen LogP contribution in [0.5, 0.6) is 0 Å². The van der Waals surface area contributed by atoms with Crippen molar-refractivity contribution in [1.29, 1.82) is 0 Å². The van der Waals surface area contributed by atoms with E-state index < -0.39 is 37.6 Å². The van der Waals surface area contributed by atoms with Gasteiger partial charge in [-0.3, -0.25) is 4.79 Å². The van der Waals surface area contributed by atoms with Gasteiger partial charge in [-0.1, -0.05) is 6.92 Å². The number of amides is 1. The molecule has 0 aliphatic rings. The molecular weight excluding hydrogens is 258 g/mol. The summed E-state index contributed by atoms with van der Waals surface area (Å²) in [4.78, 5) is 12.0. The number of carbonyl (C=O) groups is 1. The number of aliphatic hydroxyl groups excluding tert-OH is 2. The monoisotopic (exact) mass is 276 g/mol. The summed E-state index contributed by atoms with van der Waals surface area (Å²) >= 11 is 0. The lowest BCUT2D eigenvalue weighted by molar-refractivity contribution is 0.0640. The van der Waals surface area contributed by atoms with E-state index in [1.165, 1.54) is 18.3 Å². The largest absolute Gasteiger partial charge is 0.394 e. The van der Waals surface area contributed by atoms with Gasteiger partial charge < -0.3 is 20.1 Å². The van der Waals surface area contributed by atoms with Crippen molar-refractivity contribution in [1.82, 2.24) is 9.88 Å². The van der Waals surface area contributed by atoms with E-state index in [0.717, 1.165) is 4.57 Å². The molecule has 0 radical (unpaired) electrons. The van der Waals surface area contributed by atoms with Crippen LogP contribution in [0, 0.1) is 0 Å². The molecule has 1 rings (SSSR count). The first-order chi connectivity index (χ1) is 8.98. The van der Waals surface area contributed by atoms with Crippen molar-refractivity contribution < 1.29 is 23.8 Å². The van der Waals surface area contributed by atoms with Gasteiger partial charge >= 0.3 is 0 Å². The van der Waals surface area contributed by atoms with E-state index >= 15 is 0 Å². The Morgan fingerprint density at radius 1 is 1.47 bits per heavy atom. The molecule has 3 N–H and O–H groups in total. The van der Waals surface area contributed by atoms with Crippen molar-refractivity contribution >= 4 is 5.91 Å². The zero-order chi connectivity index (χ0) is 14.5. The number of nitrogens with one attached hydrogen (secondary N) is 1. The van der Waals surface area contributed by atoms with Gasteiger partial charge in [0.05, 0.1) is 25.3 Å². The third kappa shape index (κ3) is 3.74. The molecule has 0 atom stereocenters. The molecule has 0 spiro atoms.